The van der Waals surface area contributed by atoms with E-state index in [1.54, 1.807) is 0 Å². The third-order valence-electron chi connectivity index (χ3n) is 9.28. The van der Waals surface area contributed by atoms with Crippen LogP contribution in [0, 0.1) is 0 Å². The number of hydrogen-bond donors (Lipinski definition) is 0. The van der Waals surface area contributed by atoms with Gasteiger partial charge in [0, 0.05) is 17.6 Å². The van der Waals surface area contributed by atoms with E-state index in [0.717, 1.165) is 22.6 Å². The molecule has 9 rings (SSSR count). The molecule has 0 saturated carbocycles. The maximum absolute atomic E-state index is 4.50. The molecule has 0 unspecified atom stereocenters. The van der Waals surface area contributed by atoms with Crippen molar-refractivity contribution in [3.63, 3.8) is 0 Å². The topological polar surface area (TPSA) is 16.1 Å². The van der Waals surface area contributed by atoms with Gasteiger partial charge in [0.15, 0.2) is 0 Å². The van der Waals surface area contributed by atoms with E-state index in [4.69, 9.17) is 0 Å². The second kappa shape index (κ2) is 11.3. The Labute approximate surface area is 274 Å². The third-order valence-corrected chi connectivity index (χ3v) is 9.28. The van der Waals surface area contributed by atoms with Crippen molar-refractivity contribution in [2.45, 2.75) is 0 Å². The van der Waals surface area contributed by atoms with Crippen LogP contribution in [0.1, 0.15) is 0 Å². The summed E-state index contributed by atoms with van der Waals surface area (Å²) in [4.78, 5) is 6.80. The summed E-state index contributed by atoms with van der Waals surface area (Å²) in [6, 6.07) is 61.3. The van der Waals surface area contributed by atoms with E-state index in [2.05, 4.69) is 174 Å². The first kappa shape index (κ1) is 27.1. The summed E-state index contributed by atoms with van der Waals surface area (Å²) in [7, 11) is 0. The lowest BCUT2D eigenvalue weighted by molar-refractivity contribution is 1.23. The number of anilines is 3. The minimum absolute atomic E-state index is 1.01. The van der Waals surface area contributed by atoms with E-state index in [1.165, 1.54) is 60.8 Å². The summed E-state index contributed by atoms with van der Waals surface area (Å²) in [5.74, 6) is 0. The molecule has 1 aliphatic carbocycles. The summed E-state index contributed by atoms with van der Waals surface area (Å²) >= 11 is 0. The Morgan fingerprint density at radius 1 is 0.340 bits per heavy atom. The molecular weight excluding hydrogens is 569 g/mol. The first-order valence-electron chi connectivity index (χ1n) is 16.0. The first-order chi connectivity index (χ1) is 23.3. The number of nitrogens with zero attached hydrogens (tertiary/aromatic N) is 2. The number of para-hydroxylation sites is 1. The second-order valence-corrected chi connectivity index (χ2v) is 12.0. The van der Waals surface area contributed by atoms with Crippen LogP contribution in [0.15, 0.2) is 182 Å². The van der Waals surface area contributed by atoms with Crippen molar-refractivity contribution in [3.05, 3.63) is 182 Å². The van der Waals surface area contributed by atoms with Gasteiger partial charge in [-0.05, 0) is 109 Å². The van der Waals surface area contributed by atoms with Crippen molar-refractivity contribution in [1.29, 1.82) is 0 Å². The lowest BCUT2D eigenvalue weighted by atomic mass is 9.91. The standard InChI is InChI=1S/C45H30N2/c1-3-11-31(12-4-1)32-20-22-33(23-21-32)34-27-35(29-38(28-34)47(36-13-5-2-6-14-36)37-15-10-26-46-30-37)39-24-25-44-41-17-8-7-16-40(41)43-19-9-18-42(39)45(43)44/h1-30H. The van der Waals surface area contributed by atoms with Crippen LogP contribution >= 0.6 is 0 Å². The predicted molar refractivity (Wildman–Crippen MR) is 197 cm³/mol. The molecule has 0 saturated heterocycles. The van der Waals surface area contributed by atoms with Crippen molar-refractivity contribution in [1.82, 2.24) is 4.98 Å². The largest absolute Gasteiger partial charge is 0.309 e. The molecule has 0 N–H and O–H groups in total. The van der Waals surface area contributed by atoms with Gasteiger partial charge >= 0.3 is 0 Å². The van der Waals surface area contributed by atoms with Crippen LogP contribution in [-0.2, 0) is 0 Å². The molecule has 0 radical (unpaired) electrons. The highest BCUT2D eigenvalue weighted by Crippen LogP contribution is 2.50. The molecule has 0 fully saturated rings. The Bertz CT molecular complexity index is 2310. The van der Waals surface area contributed by atoms with E-state index < -0.39 is 0 Å². The minimum Gasteiger partial charge on any atom is -0.309 e. The van der Waals surface area contributed by atoms with Crippen LogP contribution < -0.4 is 4.90 Å². The number of hydrogen-bond acceptors (Lipinski definition) is 2. The van der Waals surface area contributed by atoms with Crippen LogP contribution in [0.5, 0.6) is 0 Å². The molecule has 1 aliphatic rings. The molecule has 0 atom stereocenters. The van der Waals surface area contributed by atoms with Gasteiger partial charge in [0.05, 0.1) is 11.9 Å². The zero-order valence-corrected chi connectivity index (χ0v) is 25.7. The molecule has 7 aromatic carbocycles. The fourth-order valence-electron chi connectivity index (χ4n) is 7.12. The Hall–Kier alpha value is -6.25. The highest BCUT2D eigenvalue weighted by atomic mass is 15.1. The van der Waals surface area contributed by atoms with E-state index >= 15 is 0 Å². The predicted octanol–water partition coefficient (Wildman–Crippen LogP) is 12.4. The molecule has 2 nitrogen and oxygen atoms in total. The molecule has 0 spiro atoms. The van der Waals surface area contributed by atoms with Crippen molar-refractivity contribution in [3.8, 4) is 55.6 Å². The summed E-state index contributed by atoms with van der Waals surface area (Å²) in [6.07, 6.45) is 3.76. The normalized spacial score (nSPS) is 11.4. The zero-order chi connectivity index (χ0) is 31.2. The molecular formula is C45H30N2. The molecule has 1 aromatic heterocycles. The molecule has 1 heterocycles. The minimum atomic E-state index is 1.01. The molecule has 8 aromatic rings. The van der Waals surface area contributed by atoms with Gasteiger partial charge in [0.25, 0.3) is 0 Å². The Kier molecular flexibility index (Phi) is 6.50. The molecule has 47 heavy (non-hydrogen) atoms. The fraction of sp³-hybridized carbons (Fsp3) is 0. The summed E-state index contributed by atoms with van der Waals surface area (Å²) < 4.78 is 0. The second-order valence-electron chi connectivity index (χ2n) is 12.0. The van der Waals surface area contributed by atoms with Crippen molar-refractivity contribution in [2.24, 2.45) is 0 Å². The quantitative estimate of drug-likeness (QED) is 0.189. The third kappa shape index (κ3) is 4.70. The van der Waals surface area contributed by atoms with Gasteiger partial charge in [-0.2, -0.15) is 0 Å². The van der Waals surface area contributed by atoms with E-state index in [-0.39, 0.29) is 0 Å². The molecule has 220 valence electrons. The molecule has 0 aliphatic heterocycles. The average molecular weight is 599 g/mol. The highest BCUT2D eigenvalue weighted by molar-refractivity contribution is 6.18. The van der Waals surface area contributed by atoms with E-state index in [1.807, 2.05) is 18.5 Å². The number of rotatable bonds is 6. The van der Waals surface area contributed by atoms with Crippen LogP contribution in [-0.4, -0.2) is 4.98 Å². The van der Waals surface area contributed by atoms with Crippen LogP contribution in [0.2, 0.25) is 0 Å². The number of benzene rings is 7. The van der Waals surface area contributed by atoms with Crippen LogP contribution in [0.4, 0.5) is 17.1 Å². The van der Waals surface area contributed by atoms with Gasteiger partial charge in [0.2, 0.25) is 0 Å². The molecule has 0 bridgehead atoms. The Morgan fingerprint density at radius 2 is 0.915 bits per heavy atom. The van der Waals surface area contributed by atoms with E-state index in [0.29, 0.717) is 0 Å². The summed E-state index contributed by atoms with van der Waals surface area (Å²) in [5, 5.41) is 2.60. The summed E-state index contributed by atoms with van der Waals surface area (Å²) in [5.41, 5.74) is 15.6. The van der Waals surface area contributed by atoms with Gasteiger partial charge in [-0.1, -0.05) is 127 Å². The van der Waals surface area contributed by atoms with Gasteiger partial charge in [-0.25, -0.2) is 0 Å². The zero-order valence-electron chi connectivity index (χ0n) is 25.7. The van der Waals surface area contributed by atoms with Crippen LogP contribution in [0.3, 0.4) is 0 Å². The first-order valence-corrected chi connectivity index (χ1v) is 16.0. The van der Waals surface area contributed by atoms with Crippen molar-refractivity contribution in [2.75, 3.05) is 4.90 Å². The SMILES string of the molecule is c1ccc(-c2ccc(-c3cc(-c4ccc5c6c(cccc46)-c4ccccc4-5)cc(N(c4ccccc4)c4cccnc4)c3)cc2)cc1. The number of fused-ring (bicyclic) bond motifs is 3. The summed E-state index contributed by atoms with van der Waals surface area (Å²) in [6.45, 7) is 0. The number of aromatic nitrogens is 1. The lowest BCUT2D eigenvalue weighted by Gasteiger charge is -2.26. The van der Waals surface area contributed by atoms with E-state index in [9.17, 15) is 0 Å². The maximum Gasteiger partial charge on any atom is 0.0644 e. The monoisotopic (exact) mass is 598 g/mol. The molecule has 2 heteroatoms. The average Bonchev–Trinajstić information content (AvgIpc) is 3.48. The van der Waals surface area contributed by atoms with Gasteiger partial charge in [-0.15, -0.1) is 0 Å². The van der Waals surface area contributed by atoms with Crippen LogP contribution in [0.25, 0.3) is 66.4 Å². The van der Waals surface area contributed by atoms with Crippen molar-refractivity contribution >= 4 is 27.8 Å². The fourth-order valence-corrected chi connectivity index (χ4v) is 7.12. The Balaban J connectivity index is 1.27. The lowest BCUT2D eigenvalue weighted by Crippen LogP contribution is -2.10. The van der Waals surface area contributed by atoms with Gasteiger partial charge in [0.1, 0.15) is 0 Å². The van der Waals surface area contributed by atoms with Crippen molar-refractivity contribution < 1.29 is 0 Å². The maximum atomic E-state index is 4.50. The molecule has 0 amide bonds. The smallest absolute Gasteiger partial charge is 0.0644 e. The highest BCUT2D eigenvalue weighted by Gasteiger charge is 2.23. The van der Waals surface area contributed by atoms with Gasteiger partial charge in [-0.3, -0.25) is 4.98 Å². The number of pyridine rings is 1. The Morgan fingerprint density at radius 3 is 1.64 bits per heavy atom. The van der Waals surface area contributed by atoms with Gasteiger partial charge < -0.3 is 4.90 Å².